The van der Waals surface area contributed by atoms with Crippen LogP contribution in [0, 0.1) is 0 Å². The Morgan fingerprint density at radius 3 is 2.10 bits per heavy atom. The van der Waals surface area contributed by atoms with Gasteiger partial charge in [-0.1, -0.05) is 60.7 Å². The van der Waals surface area contributed by atoms with Gasteiger partial charge in [-0.2, -0.15) is 0 Å². The van der Waals surface area contributed by atoms with Crippen molar-refractivity contribution in [2.24, 2.45) is 4.99 Å². The fourth-order valence-electron chi connectivity index (χ4n) is 3.46. The summed E-state index contributed by atoms with van der Waals surface area (Å²) in [5.74, 6) is 0.921. The Bertz CT molecular complexity index is 777. The number of hydrogen-bond acceptors (Lipinski definition) is 3. The van der Waals surface area contributed by atoms with Crippen molar-refractivity contribution in [2.75, 3.05) is 39.8 Å². The van der Waals surface area contributed by atoms with Crippen molar-refractivity contribution in [1.82, 2.24) is 20.4 Å². The number of nitrogens with one attached hydrogen (secondary N) is 2. The average molecular weight is 521 g/mol. The zero-order chi connectivity index (χ0) is 20.3. The largest absolute Gasteiger partial charge is 0.356 e. The van der Waals surface area contributed by atoms with E-state index < -0.39 is 0 Å². The topological polar surface area (TPSA) is 60.0 Å². The molecule has 1 aliphatic heterocycles. The van der Waals surface area contributed by atoms with Crippen molar-refractivity contribution in [2.45, 2.75) is 19.5 Å². The minimum Gasteiger partial charge on any atom is -0.356 e. The Hall–Kier alpha value is -2.13. The Balaban J connectivity index is 0.00000320. The van der Waals surface area contributed by atoms with Gasteiger partial charge in [0.2, 0.25) is 5.91 Å². The number of piperazine rings is 1. The van der Waals surface area contributed by atoms with E-state index in [1.165, 1.54) is 5.56 Å². The molecule has 2 aromatic rings. The number of halogens is 1. The molecule has 162 valence electrons. The van der Waals surface area contributed by atoms with Crippen molar-refractivity contribution in [3.05, 3.63) is 71.8 Å². The summed E-state index contributed by atoms with van der Waals surface area (Å²) in [6, 6.07) is 20.5. The van der Waals surface area contributed by atoms with Gasteiger partial charge >= 0.3 is 0 Å². The minimum absolute atomic E-state index is 0. The first kappa shape index (κ1) is 24.1. The summed E-state index contributed by atoms with van der Waals surface area (Å²) in [5, 5.41) is 6.29. The van der Waals surface area contributed by atoms with Gasteiger partial charge in [-0.15, -0.1) is 24.0 Å². The summed E-state index contributed by atoms with van der Waals surface area (Å²) < 4.78 is 0. The molecular formula is C23H32IN5O. The monoisotopic (exact) mass is 521 g/mol. The summed E-state index contributed by atoms with van der Waals surface area (Å²) in [7, 11) is 1.80. The van der Waals surface area contributed by atoms with Crippen LogP contribution < -0.4 is 10.6 Å². The fraction of sp³-hybridized carbons (Fsp3) is 0.391. The van der Waals surface area contributed by atoms with Gasteiger partial charge in [-0.25, -0.2) is 0 Å². The molecule has 6 nitrogen and oxygen atoms in total. The summed E-state index contributed by atoms with van der Waals surface area (Å²) >= 11 is 0. The summed E-state index contributed by atoms with van der Waals surface area (Å²) in [4.78, 5) is 21.2. The molecule has 0 atom stereocenters. The molecule has 3 rings (SSSR count). The highest BCUT2D eigenvalue weighted by atomic mass is 127. The maximum absolute atomic E-state index is 12.1. The van der Waals surface area contributed by atoms with Gasteiger partial charge in [0.1, 0.15) is 0 Å². The number of guanidine groups is 1. The second kappa shape index (κ2) is 13.2. The molecule has 1 saturated heterocycles. The van der Waals surface area contributed by atoms with Gasteiger partial charge in [0, 0.05) is 59.3 Å². The van der Waals surface area contributed by atoms with E-state index in [1.807, 2.05) is 30.3 Å². The SMILES string of the molecule is CN=C(NCCC(=O)NCc1ccccc1)N1CCN(Cc2ccccc2)CC1.I. The van der Waals surface area contributed by atoms with Crippen molar-refractivity contribution < 1.29 is 4.79 Å². The highest BCUT2D eigenvalue weighted by Crippen LogP contribution is 2.08. The average Bonchev–Trinajstić information content (AvgIpc) is 2.77. The van der Waals surface area contributed by atoms with Crippen LogP contribution in [-0.2, 0) is 17.9 Å². The molecule has 0 spiro atoms. The van der Waals surface area contributed by atoms with E-state index in [9.17, 15) is 4.79 Å². The number of benzene rings is 2. The predicted molar refractivity (Wildman–Crippen MR) is 133 cm³/mol. The van der Waals surface area contributed by atoms with Crippen LogP contribution >= 0.6 is 24.0 Å². The number of hydrogen-bond donors (Lipinski definition) is 2. The number of nitrogens with zero attached hydrogens (tertiary/aromatic N) is 3. The standard InChI is InChI=1S/C23H31N5O.HI/c1-24-23(25-13-12-22(29)26-18-20-8-4-2-5-9-20)28-16-14-27(15-17-28)19-21-10-6-3-7-11-21;/h2-11H,12-19H2,1H3,(H,24,25)(H,26,29);1H. The summed E-state index contributed by atoms with van der Waals surface area (Å²) in [6.45, 7) is 6.03. The molecule has 0 radical (unpaired) electrons. The van der Waals surface area contributed by atoms with E-state index in [-0.39, 0.29) is 29.9 Å². The van der Waals surface area contributed by atoms with Gasteiger partial charge < -0.3 is 15.5 Å². The quantitative estimate of drug-likeness (QED) is 0.334. The third-order valence-corrected chi connectivity index (χ3v) is 5.10. The first-order valence-corrected chi connectivity index (χ1v) is 10.3. The van der Waals surface area contributed by atoms with Gasteiger partial charge in [0.15, 0.2) is 5.96 Å². The van der Waals surface area contributed by atoms with Gasteiger partial charge in [0.05, 0.1) is 0 Å². The lowest BCUT2D eigenvalue weighted by molar-refractivity contribution is -0.121. The molecule has 1 aliphatic rings. The normalized spacial score (nSPS) is 14.7. The van der Waals surface area contributed by atoms with E-state index in [2.05, 4.69) is 55.8 Å². The predicted octanol–water partition coefficient (Wildman–Crippen LogP) is 2.70. The van der Waals surface area contributed by atoms with Gasteiger partial charge in [-0.05, 0) is 11.1 Å². The number of rotatable bonds is 7. The van der Waals surface area contributed by atoms with Crippen LogP contribution in [0.1, 0.15) is 17.5 Å². The van der Waals surface area contributed by atoms with E-state index in [0.717, 1.165) is 44.2 Å². The maximum atomic E-state index is 12.1. The summed E-state index contributed by atoms with van der Waals surface area (Å²) in [6.07, 6.45) is 0.430. The van der Waals surface area contributed by atoms with Gasteiger partial charge in [-0.3, -0.25) is 14.7 Å². The molecular weight excluding hydrogens is 489 g/mol. The molecule has 0 aromatic heterocycles. The molecule has 1 amide bonds. The molecule has 0 saturated carbocycles. The lowest BCUT2D eigenvalue weighted by atomic mass is 10.2. The lowest BCUT2D eigenvalue weighted by Crippen LogP contribution is -2.52. The third kappa shape index (κ3) is 7.95. The molecule has 0 unspecified atom stereocenters. The first-order valence-electron chi connectivity index (χ1n) is 10.3. The first-order chi connectivity index (χ1) is 14.2. The van der Waals surface area contributed by atoms with Crippen LogP contribution in [0.3, 0.4) is 0 Å². The zero-order valence-electron chi connectivity index (χ0n) is 17.6. The van der Waals surface area contributed by atoms with E-state index in [1.54, 1.807) is 7.05 Å². The van der Waals surface area contributed by atoms with Crippen molar-refractivity contribution in [3.63, 3.8) is 0 Å². The van der Waals surface area contributed by atoms with E-state index in [0.29, 0.717) is 19.5 Å². The summed E-state index contributed by atoms with van der Waals surface area (Å²) in [5.41, 5.74) is 2.46. The molecule has 0 aliphatic carbocycles. The Labute approximate surface area is 196 Å². The molecule has 7 heteroatoms. The highest BCUT2D eigenvalue weighted by Gasteiger charge is 2.19. The van der Waals surface area contributed by atoms with Crippen molar-refractivity contribution in [1.29, 1.82) is 0 Å². The Kier molecular flexibility index (Phi) is 10.6. The molecule has 1 fully saturated rings. The second-order valence-corrected chi connectivity index (χ2v) is 7.24. The van der Waals surface area contributed by atoms with Gasteiger partial charge in [0.25, 0.3) is 0 Å². The molecule has 1 heterocycles. The van der Waals surface area contributed by atoms with Crippen LogP contribution in [0.25, 0.3) is 0 Å². The Morgan fingerprint density at radius 2 is 1.50 bits per heavy atom. The van der Waals surface area contributed by atoms with E-state index in [4.69, 9.17) is 0 Å². The number of aliphatic imine (C=N–C) groups is 1. The zero-order valence-corrected chi connectivity index (χ0v) is 19.9. The van der Waals surface area contributed by atoms with Crippen LogP contribution in [0.2, 0.25) is 0 Å². The highest BCUT2D eigenvalue weighted by molar-refractivity contribution is 14.0. The molecule has 2 N–H and O–H groups in total. The van der Waals surface area contributed by atoms with Crippen LogP contribution in [0.5, 0.6) is 0 Å². The minimum atomic E-state index is 0. The number of carbonyl (C=O) groups is 1. The molecule has 0 bridgehead atoms. The third-order valence-electron chi connectivity index (χ3n) is 5.10. The smallest absolute Gasteiger partial charge is 0.222 e. The second-order valence-electron chi connectivity index (χ2n) is 7.24. The van der Waals surface area contributed by atoms with E-state index >= 15 is 0 Å². The Morgan fingerprint density at radius 1 is 0.900 bits per heavy atom. The fourth-order valence-corrected chi connectivity index (χ4v) is 3.46. The van der Waals surface area contributed by atoms with Crippen molar-refractivity contribution >= 4 is 35.8 Å². The van der Waals surface area contributed by atoms with Crippen LogP contribution in [0.4, 0.5) is 0 Å². The maximum Gasteiger partial charge on any atom is 0.222 e. The van der Waals surface area contributed by atoms with Crippen LogP contribution in [-0.4, -0.2) is 61.4 Å². The lowest BCUT2D eigenvalue weighted by Gasteiger charge is -2.36. The number of carbonyl (C=O) groups excluding carboxylic acids is 1. The number of amides is 1. The molecule has 30 heavy (non-hydrogen) atoms. The van der Waals surface area contributed by atoms with Crippen LogP contribution in [0.15, 0.2) is 65.7 Å². The molecule has 2 aromatic carbocycles. The van der Waals surface area contributed by atoms with Crippen molar-refractivity contribution in [3.8, 4) is 0 Å².